The highest BCUT2D eigenvalue weighted by Gasteiger charge is 2.15. The normalized spacial score (nSPS) is 12.2. The van der Waals surface area contributed by atoms with Crippen molar-refractivity contribution >= 4 is 5.97 Å². The Morgan fingerprint density at radius 3 is 2.68 bits per heavy atom. The fourth-order valence-corrected chi connectivity index (χ4v) is 1.95. The molecule has 0 aliphatic heterocycles. The Morgan fingerprint density at radius 1 is 1.32 bits per heavy atom. The Balaban J connectivity index is 2.45. The first-order chi connectivity index (χ1) is 9.04. The van der Waals surface area contributed by atoms with E-state index in [4.69, 9.17) is 4.74 Å². The SMILES string of the molecule is CCCCCCC(C)OC(=O)c1ccc(C)cc1F. The molecule has 0 bridgehead atoms. The van der Waals surface area contributed by atoms with E-state index >= 15 is 0 Å². The van der Waals surface area contributed by atoms with Gasteiger partial charge in [-0.25, -0.2) is 9.18 Å². The largest absolute Gasteiger partial charge is 0.459 e. The maximum Gasteiger partial charge on any atom is 0.341 e. The minimum Gasteiger partial charge on any atom is -0.459 e. The second-order valence-electron chi connectivity index (χ2n) is 5.05. The van der Waals surface area contributed by atoms with Crippen molar-refractivity contribution in [3.8, 4) is 0 Å². The van der Waals surface area contributed by atoms with Crippen LogP contribution in [0.5, 0.6) is 0 Å². The van der Waals surface area contributed by atoms with Crippen LogP contribution in [0, 0.1) is 12.7 Å². The lowest BCUT2D eigenvalue weighted by atomic mass is 10.1. The summed E-state index contributed by atoms with van der Waals surface area (Å²) in [6.45, 7) is 5.80. The van der Waals surface area contributed by atoms with Gasteiger partial charge < -0.3 is 4.74 Å². The summed E-state index contributed by atoms with van der Waals surface area (Å²) in [5.74, 6) is -1.08. The molecule has 1 unspecified atom stereocenters. The van der Waals surface area contributed by atoms with Crippen molar-refractivity contribution in [2.75, 3.05) is 0 Å². The van der Waals surface area contributed by atoms with Crippen LogP contribution in [0.2, 0.25) is 0 Å². The number of esters is 1. The molecule has 0 radical (unpaired) electrons. The molecule has 2 nitrogen and oxygen atoms in total. The molecule has 1 aromatic carbocycles. The predicted octanol–water partition coefficient (Wildman–Crippen LogP) is 4.65. The first-order valence-corrected chi connectivity index (χ1v) is 7.01. The molecule has 1 aromatic rings. The van der Waals surface area contributed by atoms with Crippen molar-refractivity contribution < 1.29 is 13.9 Å². The number of rotatable bonds is 7. The van der Waals surface area contributed by atoms with Crippen molar-refractivity contribution in [1.29, 1.82) is 0 Å². The van der Waals surface area contributed by atoms with Gasteiger partial charge in [-0.15, -0.1) is 0 Å². The average Bonchev–Trinajstić information content (AvgIpc) is 2.34. The van der Waals surface area contributed by atoms with Crippen LogP contribution in [0.4, 0.5) is 4.39 Å². The summed E-state index contributed by atoms with van der Waals surface area (Å²) < 4.78 is 18.9. The van der Waals surface area contributed by atoms with Gasteiger partial charge in [-0.05, 0) is 44.4 Å². The summed E-state index contributed by atoms with van der Waals surface area (Å²) in [7, 11) is 0. The maximum absolute atomic E-state index is 13.6. The molecule has 0 heterocycles. The average molecular weight is 266 g/mol. The third-order valence-electron chi connectivity index (χ3n) is 3.12. The standard InChI is InChI=1S/C16H23FO2/c1-4-5-6-7-8-13(3)19-16(18)14-10-9-12(2)11-15(14)17/h9-11,13H,4-8H2,1-3H3. The van der Waals surface area contributed by atoms with E-state index in [1.54, 1.807) is 13.0 Å². The molecule has 1 rings (SSSR count). The van der Waals surface area contributed by atoms with Crippen LogP contribution in [0.25, 0.3) is 0 Å². The van der Waals surface area contributed by atoms with E-state index in [1.165, 1.54) is 25.0 Å². The van der Waals surface area contributed by atoms with Crippen LogP contribution in [-0.2, 0) is 4.74 Å². The van der Waals surface area contributed by atoms with Crippen LogP contribution in [-0.4, -0.2) is 12.1 Å². The van der Waals surface area contributed by atoms with Gasteiger partial charge in [0.25, 0.3) is 0 Å². The minimum atomic E-state index is -0.569. The molecule has 0 spiro atoms. The van der Waals surface area contributed by atoms with Crippen LogP contribution in [0.15, 0.2) is 18.2 Å². The number of aryl methyl sites for hydroxylation is 1. The number of benzene rings is 1. The highest BCUT2D eigenvalue weighted by Crippen LogP contribution is 2.14. The number of hydrogen-bond donors (Lipinski definition) is 0. The smallest absolute Gasteiger partial charge is 0.341 e. The molecule has 0 fully saturated rings. The van der Waals surface area contributed by atoms with Crippen molar-refractivity contribution in [2.24, 2.45) is 0 Å². The highest BCUT2D eigenvalue weighted by molar-refractivity contribution is 5.89. The van der Waals surface area contributed by atoms with Gasteiger partial charge in [-0.2, -0.15) is 0 Å². The summed E-state index contributed by atoms with van der Waals surface area (Å²) >= 11 is 0. The number of carbonyl (C=O) groups excluding carboxylic acids is 1. The molecular formula is C16H23FO2. The molecule has 0 amide bonds. The van der Waals surface area contributed by atoms with E-state index in [0.29, 0.717) is 0 Å². The molecule has 0 aromatic heterocycles. The molecule has 0 aliphatic rings. The number of unbranched alkanes of at least 4 members (excludes halogenated alkanes) is 3. The summed E-state index contributed by atoms with van der Waals surface area (Å²) in [5.41, 5.74) is 0.813. The van der Waals surface area contributed by atoms with Crippen LogP contribution < -0.4 is 0 Å². The van der Waals surface area contributed by atoms with E-state index in [0.717, 1.165) is 24.8 Å². The van der Waals surface area contributed by atoms with Gasteiger partial charge in [0.2, 0.25) is 0 Å². The lowest BCUT2D eigenvalue weighted by Gasteiger charge is -2.13. The van der Waals surface area contributed by atoms with Gasteiger partial charge in [0.1, 0.15) is 5.82 Å². The van der Waals surface area contributed by atoms with Gasteiger partial charge >= 0.3 is 5.97 Å². The van der Waals surface area contributed by atoms with E-state index in [1.807, 2.05) is 6.92 Å². The van der Waals surface area contributed by atoms with E-state index < -0.39 is 11.8 Å². The first-order valence-electron chi connectivity index (χ1n) is 7.01. The fraction of sp³-hybridized carbons (Fsp3) is 0.562. The lowest BCUT2D eigenvalue weighted by Crippen LogP contribution is -2.16. The predicted molar refractivity (Wildman–Crippen MR) is 74.8 cm³/mol. The molecule has 1 atom stereocenters. The Kier molecular flexibility index (Phi) is 6.54. The Bertz CT molecular complexity index is 415. The zero-order valence-electron chi connectivity index (χ0n) is 12.0. The zero-order valence-corrected chi connectivity index (χ0v) is 12.0. The number of ether oxygens (including phenoxy) is 1. The quantitative estimate of drug-likeness (QED) is 0.530. The second kappa shape index (κ2) is 7.93. The number of carbonyl (C=O) groups is 1. The van der Waals surface area contributed by atoms with Crippen LogP contribution in [0.3, 0.4) is 0 Å². The molecule has 0 saturated heterocycles. The molecule has 0 aliphatic carbocycles. The van der Waals surface area contributed by atoms with Crippen molar-refractivity contribution in [3.05, 3.63) is 35.1 Å². The third kappa shape index (κ3) is 5.41. The van der Waals surface area contributed by atoms with E-state index in [-0.39, 0.29) is 11.7 Å². The Morgan fingerprint density at radius 2 is 2.05 bits per heavy atom. The Labute approximate surface area is 115 Å². The van der Waals surface area contributed by atoms with Crippen molar-refractivity contribution in [2.45, 2.75) is 59.0 Å². The van der Waals surface area contributed by atoms with Crippen molar-refractivity contribution in [3.63, 3.8) is 0 Å². The van der Waals surface area contributed by atoms with Gasteiger partial charge in [0.05, 0.1) is 11.7 Å². The summed E-state index contributed by atoms with van der Waals surface area (Å²) in [6, 6.07) is 4.55. The number of halogens is 1. The lowest BCUT2D eigenvalue weighted by molar-refractivity contribution is 0.0314. The topological polar surface area (TPSA) is 26.3 Å². The fourth-order valence-electron chi connectivity index (χ4n) is 1.95. The second-order valence-corrected chi connectivity index (χ2v) is 5.05. The minimum absolute atomic E-state index is 0.0195. The number of hydrogen-bond acceptors (Lipinski definition) is 2. The molecule has 0 N–H and O–H groups in total. The molecule has 3 heteroatoms. The van der Waals surface area contributed by atoms with Crippen molar-refractivity contribution in [1.82, 2.24) is 0 Å². The van der Waals surface area contributed by atoms with Crippen LogP contribution >= 0.6 is 0 Å². The van der Waals surface area contributed by atoms with E-state index in [9.17, 15) is 9.18 Å². The maximum atomic E-state index is 13.6. The zero-order chi connectivity index (χ0) is 14.3. The van der Waals surface area contributed by atoms with Gasteiger partial charge in [-0.1, -0.05) is 32.3 Å². The highest BCUT2D eigenvalue weighted by atomic mass is 19.1. The van der Waals surface area contributed by atoms with E-state index in [2.05, 4.69) is 6.92 Å². The molecular weight excluding hydrogens is 243 g/mol. The summed E-state index contributed by atoms with van der Waals surface area (Å²) in [4.78, 5) is 11.8. The van der Waals surface area contributed by atoms with Gasteiger partial charge in [0.15, 0.2) is 0 Å². The van der Waals surface area contributed by atoms with Gasteiger partial charge in [0, 0.05) is 0 Å². The molecule has 106 valence electrons. The monoisotopic (exact) mass is 266 g/mol. The Hall–Kier alpha value is -1.38. The summed E-state index contributed by atoms with van der Waals surface area (Å²) in [5, 5.41) is 0. The third-order valence-corrected chi connectivity index (χ3v) is 3.12. The summed E-state index contributed by atoms with van der Waals surface area (Å²) in [6.07, 6.45) is 5.25. The molecule has 19 heavy (non-hydrogen) atoms. The van der Waals surface area contributed by atoms with Crippen LogP contribution in [0.1, 0.15) is 61.9 Å². The molecule has 0 saturated carbocycles. The van der Waals surface area contributed by atoms with Gasteiger partial charge in [-0.3, -0.25) is 0 Å². The first kappa shape index (κ1) is 15.7.